The number of amides is 1. The summed E-state index contributed by atoms with van der Waals surface area (Å²) in [4.78, 5) is 11.8. The molecule has 4 nitrogen and oxygen atoms in total. The lowest BCUT2D eigenvalue weighted by atomic mass is 10.1. The molecule has 0 aromatic heterocycles. The van der Waals surface area contributed by atoms with Crippen LogP contribution in [0.4, 0.5) is 4.79 Å². The Morgan fingerprint density at radius 3 is 2.52 bits per heavy atom. The fourth-order valence-corrected chi connectivity index (χ4v) is 2.76. The highest BCUT2D eigenvalue weighted by Crippen LogP contribution is 2.15. The molecule has 25 heavy (non-hydrogen) atoms. The average Bonchev–Trinajstić information content (AvgIpc) is 2.55. The van der Waals surface area contributed by atoms with Gasteiger partial charge >= 0.3 is 6.09 Å². The van der Waals surface area contributed by atoms with Crippen LogP contribution in [0.2, 0.25) is 0 Å². The summed E-state index contributed by atoms with van der Waals surface area (Å²) in [5.74, 6) is 0. The molecule has 1 unspecified atom stereocenters. The normalized spacial score (nSPS) is 12.8. The third-order valence-electron chi connectivity index (χ3n) is 3.94. The van der Waals surface area contributed by atoms with Gasteiger partial charge in [0.1, 0.15) is 5.60 Å². The van der Waals surface area contributed by atoms with Crippen LogP contribution in [0.3, 0.4) is 0 Å². The van der Waals surface area contributed by atoms with Crippen LogP contribution in [0, 0.1) is 0 Å². The number of alkyl carbamates (subject to hydrolysis) is 1. The van der Waals surface area contributed by atoms with Crippen LogP contribution in [0.5, 0.6) is 0 Å². The van der Waals surface area contributed by atoms with Gasteiger partial charge in [-0.1, -0.05) is 49.7 Å². The van der Waals surface area contributed by atoms with E-state index in [2.05, 4.69) is 60.0 Å². The fourth-order valence-electron chi connectivity index (χ4n) is 2.76. The summed E-state index contributed by atoms with van der Waals surface area (Å²) in [5.41, 5.74) is 0.778. The molecule has 0 aliphatic rings. The lowest BCUT2D eigenvalue weighted by Crippen LogP contribution is -2.42. The van der Waals surface area contributed by atoms with Crippen LogP contribution in [0.1, 0.15) is 46.1 Å². The predicted molar refractivity (Wildman–Crippen MR) is 104 cm³/mol. The first kappa shape index (κ1) is 19.3. The van der Waals surface area contributed by atoms with Crippen molar-refractivity contribution in [3.8, 4) is 0 Å². The van der Waals surface area contributed by atoms with Crippen LogP contribution in [-0.2, 0) is 11.3 Å². The van der Waals surface area contributed by atoms with Crippen molar-refractivity contribution in [1.29, 1.82) is 0 Å². The summed E-state index contributed by atoms with van der Waals surface area (Å²) in [6.45, 7) is 9.11. The molecule has 4 heteroatoms. The molecule has 2 rings (SSSR count). The van der Waals surface area contributed by atoms with E-state index in [4.69, 9.17) is 4.74 Å². The van der Waals surface area contributed by atoms with E-state index >= 15 is 0 Å². The number of benzene rings is 2. The van der Waals surface area contributed by atoms with Gasteiger partial charge in [0.15, 0.2) is 0 Å². The van der Waals surface area contributed by atoms with Gasteiger partial charge in [-0.25, -0.2) is 4.79 Å². The van der Waals surface area contributed by atoms with Crippen LogP contribution in [0.15, 0.2) is 42.5 Å². The van der Waals surface area contributed by atoms with E-state index in [0.29, 0.717) is 6.54 Å². The van der Waals surface area contributed by atoms with Crippen molar-refractivity contribution in [2.24, 2.45) is 0 Å². The average molecular weight is 342 g/mol. The Hall–Kier alpha value is -2.07. The quantitative estimate of drug-likeness (QED) is 0.772. The highest BCUT2D eigenvalue weighted by atomic mass is 16.6. The Bertz CT molecular complexity index is 692. The number of carbonyl (C=O) groups is 1. The van der Waals surface area contributed by atoms with Gasteiger partial charge < -0.3 is 15.4 Å². The van der Waals surface area contributed by atoms with Gasteiger partial charge in [0.2, 0.25) is 0 Å². The molecule has 0 heterocycles. The van der Waals surface area contributed by atoms with Crippen LogP contribution in [-0.4, -0.2) is 24.3 Å². The first-order valence-corrected chi connectivity index (χ1v) is 9.05. The van der Waals surface area contributed by atoms with Crippen LogP contribution < -0.4 is 10.6 Å². The lowest BCUT2D eigenvalue weighted by molar-refractivity contribution is 0.0521. The van der Waals surface area contributed by atoms with E-state index < -0.39 is 5.60 Å². The second-order valence-electron chi connectivity index (χ2n) is 7.43. The van der Waals surface area contributed by atoms with Crippen LogP contribution in [0.25, 0.3) is 10.8 Å². The molecular weight excluding hydrogens is 312 g/mol. The molecule has 0 saturated carbocycles. The zero-order valence-corrected chi connectivity index (χ0v) is 15.8. The molecule has 0 spiro atoms. The molecule has 1 atom stereocenters. The number of hydrogen-bond donors (Lipinski definition) is 2. The van der Waals surface area contributed by atoms with Crippen molar-refractivity contribution >= 4 is 16.9 Å². The highest BCUT2D eigenvalue weighted by Gasteiger charge is 2.17. The molecule has 0 saturated heterocycles. The SMILES string of the molecule is CCCC(CNC(=O)OC(C)(C)C)NCc1ccc2ccccc2c1. The topological polar surface area (TPSA) is 50.4 Å². The van der Waals surface area contributed by atoms with Crippen molar-refractivity contribution in [2.75, 3.05) is 6.54 Å². The molecule has 1 amide bonds. The van der Waals surface area contributed by atoms with Crippen molar-refractivity contribution in [3.63, 3.8) is 0 Å². The molecule has 0 radical (unpaired) electrons. The summed E-state index contributed by atoms with van der Waals surface area (Å²) in [7, 11) is 0. The molecule has 0 aliphatic heterocycles. The third-order valence-corrected chi connectivity index (χ3v) is 3.94. The largest absolute Gasteiger partial charge is 0.444 e. The number of carbonyl (C=O) groups excluding carboxylic acids is 1. The van der Waals surface area contributed by atoms with Gasteiger partial charge in [-0.2, -0.15) is 0 Å². The Morgan fingerprint density at radius 2 is 1.84 bits per heavy atom. The molecule has 0 fully saturated rings. The van der Waals surface area contributed by atoms with Crippen molar-refractivity contribution < 1.29 is 9.53 Å². The van der Waals surface area contributed by atoms with E-state index in [1.165, 1.54) is 16.3 Å². The minimum Gasteiger partial charge on any atom is -0.444 e. The number of ether oxygens (including phenoxy) is 1. The number of fused-ring (bicyclic) bond motifs is 1. The van der Waals surface area contributed by atoms with Gasteiger partial charge in [0.25, 0.3) is 0 Å². The predicted octanol–water partition coefficient (Wildman–Crippen LogP) is 4.62. The molecular formula is C21H30N2O2. The van der Waals surface area contributed by atoms with Gasteiger partial charge in [-0.05, 0) is 49.6 Å². The third kappa shape index (κ3) is 6.75. The summed E-state index contributed by atoms with van der Waals surface area (Å²) < 4.78 is 5.30. The van der Waals surface area contributed by atoms with Gasteiger partial charge in [0.05, 0.1) is 0 Å². The monoisotopic (exact) mass is 342 g/mol. The van der Waals surface area contributed by atoms with E-state index in [0.717, 1.165) is 19.4 Å². The molecule has 136 valence electrons. The first-order valence-electron chi connectivity index (χ1n) is 9.05. The second-order valence-corrected chi connectivity index (χ2v) is 7.43. The Kier molecular flexibility index (Phi) is 6.82. The zero-order chi connectivity index (χ0) is 18.3. The fraction of sp³-hybridized carbons (Fsp3) is 0.476. The smallest absolute Gasteiger partial charge is 0.407 e. The maximum Gasteiger partial charge on any atom is 0.407 e. The minimum atomic E-state index is -0.469. The van der Waals surface area contributed by atoms with Crippen molar-refractivity contribution in [3.05, 3.63) is 48.0 Å². The summed E-state index contributed by atoms with van der Waals surface area (Å²) in [6.07, 6.45) is 1.70. The lowest BCUT2D eigenvalue weighted by Gasteiger charge is -2.22. The first-order chi connectivity index (χ1) is 11.9. The van der Waals surface area contributed by atoms with E-state index in [1.807, 2.05) is 20.8 Å². The Balaban J connectivity index is 1.88. The van der Waals surface area contributed by atoms with Crippen LogP contribution >= 0.6 is 0 Å². The van der Waals surface area contributed by atoms with Gasteiger partial charge in [0, 0.05) is 19.1 Å². The molecule has 2 N–H and O–H groups in total. The maximum atomic E-state index is 11.8. The van der Waals surface area contributed by atoms with Gasteiger partial charge in [-0.15, -0.1) is 0 Å². The van der Waals surface area contributed by atoms with Crippen molar-refractivity contribution in [2.45, 2.75) is 58.7 Å². The summed E-state index contributed by atoms with van der Waals surface area (Å²) in [5, 5.41) is 8.92. The number of nitrogens with one attached hydrogen (secondary N) is 2. The van der Waals surface area contributed by atoms with E-state index in [9.17, 15) is 4.79 Å². The van der Waals surface area contributed by atoms with Crippen molar-refractivity contribution in [1.82, 2.24) is 10.6 Å². The summed E-state index contributed by atoms with van der Waals surface area (Å²) in [6, 6.07) is 15.1. The second kappa shape index (κ2) is 8.86. The van der Waals surface area contributed by atoms with E-state index in [-0.39, 0.29) is 12.1 Å². The molecule has 0 aliphatic carbocycles. The minimum absolute atomic E-state index is 0.226. The Morgan fingerprint density at radius 1 is 1.12 bits per heavy atom. The maximum absolute atomic E-state index is 11.8. The number of rotatable bonds is 7. The van der Waals surface area contributed by atoms with E-state index in [1.54, 1.807) is 0 Å². The standard InChI is InChI=1S/C21H30N2O2/c1-5-8-19(15-23-20(24)25-21(2,3)4)22-14-16-11-12-17-9-6-7-10-18(17)13-16/h6-7,9-13,19,22H,5,8,14-15H2,1-4H3,(H,23,24). The zero-order valence-electron chi connectivity index (χ0n) is 15.8. The molecule has 2 aromatic carbocycles. The van der Waals surface area contributed by atoms with Gasteiger partial charge in [-0.3, -0.25) is 0 Å². The molecule has 0 bridgehead atoms. The Labute approximate surface area is 151 Å². The highest BCUT2D eigenvalue weighted by molar-refractivity contribution is 5.82. The number of hydrogen-bond acceptors (Lipinski definition) is 3. The molecule has 2 aromatic rings. The summed E-state index contributed by atoms with van der Waals surface area (Å²) >= 11 is 0.